The summed E-state index contributed by atoms with van der Waals surface area (Å²) in [5.74, 6) is -0.552. The van der Waals surface area contributed by atoms with Crippen molar-refractivity contribution < 1.29 is 4.79 Å². The smallest absolute Gasteiger partial charge is 0.343 e. The number of hydrogen-bond acceptors (Lipinski definition) is 5. The molecule has 5 N–H and O–H groups in total. The Kier molecular flexibility index (Phi) is 3.61. The van der Waals surface area contributed by atoms with E-state index in [9.17, 15) is 9.59 Å². The number of nitrogens with two attached hydrogens (primary N) is 2. The van der Waals surface area contributed by atoms with Crippen LogP contribution in [0, 0.1) is 0 Å². The van der Waals surface area contributed by atoms with Gasteiger partial charge >= 0.3 is 5.69 Å². The SMILES string of the molecule is CCn1c(Sc2cc(N)ccc2C(N)=O)n[nH]c1=O. The van der Waals surface area contributed by atoms with Gasteiger partial charge in [-0.05, 0) is 36.9 Å². The minimum atomic E-state index is -0.552. The summed E-state index contributed by atoms with van der Waals surface area (Å²) in [6.07, 6.45) is 0. The summed E-state index contributed by atoms with van der Waals surface area (Å²) in [7, 11) is 0. The van der Waals surface area contributed by atoms with E-state index in [1.807, 2.05) is 6.92 Å². The summed E-state index contributed by atoms with van der Waals surface area (Å²) in [6, 6.07) is 4.78. The summed E-state index contributed by atoms with van der Waals surface area (Å²) in [4.78, 5) is 23.4. The highest BCUT2D eigenvalue weighted by atomic mass is 32.2. The van der Waals surface area contributed by atoms with Gasteiger partial charge in [-0.1, -0.05) is 0 Å². The van der Waals surface area contributed by atoms with E-state index in [-0.39, 0.29) is 5.69 Å². The van der Waals surface area contributed by atoms with Crippen LogP contribution >= 0.6 is 11.8 Å². The zero-order valence-electron chi connectivity index (χ0n) is 10.2. The standard InChI is InChI=1S/C11H13N5O2S/c1-2-16-10(18)14-15-11(16)19-8-5-6(12)3-4-7(8)9(13)17/h3-5H,2,12H2,1H3,(H2,13,17)(H,14,18). The summed E-state index contributed by atoms with van der Waals surface area (Å²) in [5.41, 5.74) is 11.6. The Bertz CT molecular complexity index is 676. The molecule has 100 valence electrons. The summed E-state index contributed by atoms with van der Waals surface area (Å²) < 4.78 is 1.46. The van der Waals surface area contributed by atoms with Crippen molar-refractivity contribution in [2.24, 2.45) is 5.73 Å². The van der Waals surface area contributed by atoms with Gasteiger partial charge in [0, 0.05) is 17.1 Å². The average Bonchev–Trinajstić information content (AvgIpc) is 2.69. The number of H-pyrrole nitrogens is 1. The number of hydrogen-bond donors (Lipinski definition) is 3. The van der Waals surface area contributed by atoms with E-state index in [1.54, 1.807) is 18.2 Å². The lowest BCUT2D eigenvalue weighted by Gasteiger charge is -2.07. The Labute approximate surface area is 113 Å². The van der Waals surface area contributed by atoms with Crippen molar-refractivity contribution in [1.29, 1.82) is 0 Å². The van der Waals surface area contributed by atoms with Crippen LogP contribution in [-0.4, -0.2) is 20.7 Å². The molecule has 2 rings (SSSR count). The maximum absolute atomic E-state index is 11.5. The van der Waals surface area contributed by atoms with Gasteiger partial charge in [0.05, 0.1) is 5.56 Å². The van der Waals surface area contributed by atoms with Crippen LogP contribution in [0.15, 0.2) is 33.0 Å². The Morgan fingerprint density at radius 1 is 1.53 bits per heavy atom. The monoisotopic (exact) mass is 279 g/mol. The van der Waals surface area contributed by atoms with Gasteiger partial charge in [0.25, 0.3) is 0 Å². The third-order valence-electron chi connectivity index (χ3n) is 2.51. The van der Waals surface area contributed by atoms with Gasteiger partial charge in [-0.3, -0.25) is 9.36 Å². The predicted molar refractivity (Wildman–Crippen MR) is 72.0 cm³/mol. The number of carbonyl (C=O) groups excluding carboxylic acids is 1. The van der Waals surface area contributed by atoms with Crippen LogP contribution in [0.25, 0.3) is 0 Å². The van der Waals surface area contributed by atoms with Gasteiger partial charge in [0.2, 0.25) is 5.91 Å². The van der Waals surface area contributed by atoms with E-state index in [2.05, 4.69) is 10.2 Å². The zero-order valence-corrected chi connectivity index (χ0v) is 11.0. The van der Waals surface area contributed by atoms with Gasteiger partial charge in [-0.15, -0.1) is 5.10 Å². The molecule has 0 atom stereocenters. The highest BCUT2D eigenvalue weighted by Gasteiger charge is 2.14. The van der Waals surface area contributed by atoms with Crippen molar-refractivity contribution in [3.63, 3.8) is 0 Å². The highest BCUT2D eigenvalue weighted by molar-refractivity contribution is 7.99. The molecule has 1 aromatic heterocycles. The molecule has 0 radical (unpaired) electrons. The van der Waals surface area contributed by atoms with Crippen molar-refractivity contribution in [1.82, 2.24) is 14.8 Å². The summed E-state index contributed by atoms with van der Waals surface area (Å²) >= 11 is 1.17. The molecule has 1 heterocycles. The number of aromatic nitrogens is 3. The Morgan fingerprint density at radius 3 is 2.89 bits per heavy atom. The van der Waals surface area contributed by atoms with Crippen molar-refractivity contribution in [2.45, 2.75) is 23.5 Å². The second-order valence-electron chi connectivity index (χ2n) is 3.78. The number of carbonyl (C=O) groups is 1. The molecular formula is C11H13N5O2S. The van der Waals surface area contributed by atoms with Gasteiger partial charge < -0.3 is 11.5 Å². The molecule has 0 aliphatic carbocycles. The first-order valence-electron chi connectivity index (χ1n) is 5.55. The van der Waals surface area contributed by atoms with Crippen LogP contribution in [0.2, 0.25) is 0 Å². The van der Waals surface area contributed by atoms with Gasteiger partial charge in [0.1, 0.15) is 0 Å². The first kappa shape index (κ1) is 13.2. The van der Waals surface area contributed by atoms with Crippen molar-refractivity contribution in [3.8, 4) is 0 Å². The van der Waals surface area contributed by atoms with Crippen LogP contribution in [-0.2, 0) is 6.54 Å². The molecule has 0 aliphatic heterocycles. The fraction of sp³-hybridized carbons (Fsp3) is 0.182. The number of nitrogens with zero attached hydrogens (tertiary/aromatic N) is 2. The average molecular weight is 279 g/mol. The lowest BCUT2D eigenvalue weighted by atomic mass is 10.2. The Balaban J connectivity index is 2.45. The number of nitrogen functional groups attached to an aromatic ring is 1. The molecule has 0 bridgehead atoms. The molecule has 0 saturated carbocycles. The fourth-order valence-electron chi connectivity index (χ4n) is 1.59. The van der Waals surface area contributed by atoms with Crippen LogP contribution in [0.3, 0.4) is 0 Å². The van der Waals surface area contributed by atoms with Crippen LogP contribution in [0.1, 0.15) is 17.3 Å². The number of primary amides is 1. The lowest BCUT2D eigenvalue weighted by molar-refractivity contribution is 0.0997. The number of amides is 1. The molecule has 0 unspecified atom stereocenters. The molecule has 0 fully saturated rings. The second kappa shape index (κ2) is 5.19. The molecule has 19 heavy (non-hydrogen) atoms. The summed E-state index contributed by atoms with van der Waals surface area (Å²) in [5, 5.41) is 6.73. The molecule has 0 aliphatic rings. The third-order valence-corrected chi connectivity index (χ3v) is 3.56. The molecule has 1 amide bonds. The number of nitrogens with one attached hydrogen (secondary N) is 1. The first-order valence-corrected chi connectivity index (χ1v) is 6.37. The number of rotatable bonds is 4. The van der Waals surface area contributed by atoms with E-state index in [0.717, 1.165) is 0 Å². The van der Waals surface area contributed by atoms with Gasteiger partial charge in [-0.2, -0.15) is 0 Å². The number of anilines is 1. The highest BCUT2D eigenvalue weighted by Crippen LogP contribution is 2.29. The van der Waals surface area contributed by atoms with Gasteiger partial charge in [-0.25, -0.2) is 9.89 Å². The van der Waals surface area contributed by atoms with E-state index in [0.29, 0.717) is 27.8 Å². The Morgan fingerprint density at radius 2 is 2.26 bits per heavy atom. The van der Waals surface area contributed by atoms with Crippen molar-refractivity contribution in [3.05, 3.63) is 34.2 Å². The van der Waals surface area contributed by atoms with E-state index in [1.165, 1.54) is 16.3 Å². The van der Waals surface area contributed by atoms with Crippen LogP contribution in [0.5, 0.6) is 0 Å². The second-order valence-corrected chi connectivity index (χ2v) is 4.79. The topological polar surface area (TPSA) is 120 Å². The fourth-order valence-corrected chi connectivity index (χ4v) is 2.67. The maximum Gasteiger partial charge on any atom is 0.343 e. The molecule has 0 saturated heterocycles. The normalized spacial score (nSPS) is 10.6. The number of aromatic amines is 1. The van der Waals surface area contributed by atoms with Crippen molar-refractivity contribution >= 4 is 23.4 Å². The zero-order chi connectivity index (χ0) is 14.0. The minimum absolute atomic E-state index is 0.297. The molecule has 7 nitrogen and oxygen atoms in total. The van der Waals surface area contributed by atoms with E-state index >= 15 is 0 Å². The maximum atomic E-state index is 11.5. The van der Waals surface area contributed by atoms with Crippen molar-refractivity contribution in [2.75, 3.05) is 5.73 Å². The van der Waals surface area contributed by atoms with E-state index < -0.39 is 5.91 Å². The van der Waals surface area contributed by atoms with Crippen LogP contribution in [0.4, 0.5) is 5.69 Å². The summed E-state index contributed by atoms with van der Waals surface area (Å²) in [6.45, 7) is 2.31. The Hall–Kier alpha value is -2.22. The van der Waals surface area contributed by atoms with Crippen LogP contribution < -0.4 is 17.2 Å². The predicted octanol–water partition coefficient (Wildman–Crippen LogP) is 0.424. The first-order chi connectivity index (χ1) is 9.02. The molecule has 1 aromatic carbocycles. The lowest BCUT2D eigenvalue weighted by Crippen LogP contribution is -2.16. The number of benzene rings is 1. The third kappa shape index (κ3) is 2.63. The van der Waals surface area contributed by atoms with Gasteiger partial charge in [0.15, 0.2) is 5.16 Å². The molecular weight excluding hydrogens is 266 g/mol. The molecule has 0 spiro atoms. The minimum Gasteiger partial charge on any atom is -0.399 e. The molecule has 2 aromatic rings. The molecule has 8 heteroatoms. The quantitative estimate of drug-likeness (QED) is 0.701. The largest absolute Gasteiger partial charge is 0.399 e. The van der Waals surface area contributed by atoms with E-state index in [4.69, 9.17) is 11.5 Å².